The second kappa shape index (κ2) is 16.7. The third-order valence-electron chi connectivity index (χ3n) is 11.1. The molecule has 0 saturated carbocycles. The Labute approximate surface area is 335 Å². The normalized spacial score (nSPS) is 16.5. The van der Waals surface area contributed by atoms with Gasteiger partial charge in [0, 0.05) is 48.5 Å². The molecule has 4 aromatic heterocycles. The lowest BCUT2D eigenvalue weighted by Crippen LogP contribution is -2.39. The van der Waals surface area contributed by atoms with Crippen LogP contribution in [0.25, 0.3) is 22.3 Å². The average molecular weight is 785 g/mol. The largest absolute Gasteiger partial charge is 0.348 e. The number of carbonyl (C=O) groups is 1. The van der Waals surface area contributed by atoms with Crippen LogP contribution in [0.5, 0.6) is 0 Å². The fraction of sp³-hybridized carbons (Fsp3) is 0.356. The number of fused-ring (bicyclic) bond motifs is 1. The number of hydrogen-bond acceptors (Lipinski definition) is 8. The highest BCUT2D eigenvalue weighted by Crippen LogP contribution is 2.42. The van der Waals surface area contributed by atoms with Crippen molar-refractivity contribution in [2.75, 3.05) is 13.1 Å². The Hall–Kier alpha value is -5.30. The number of benzene rings is 2. The summed E-state index contributed by atoms with van der Waals surface area (Å²) in [5.41, 5.74) is 10.1. The van der Waals surface area contributed by atoms with Gasteiger partial charge in [0.05, 0.1) is 29.2 Å². The molecule has 5 heterocycles. The number of rotatable bonds is 12. The van der Waals surface area contributed by atoms with Gasteiger partial charge in [-0.15, -0.1) is 0 Å². The van der Waals surface area contributed by atoms with Gasteiger partial charge in [0.15, 0.2) is 0 Å². The van der Waals surface area contributed by atoms with Gasteiger partial charge in [-0.1, -0.05) is 57.2 Å². The van der Waals surface area contributed by atoms with E-state index in [1.807, 2.05) is 73.9 Å². The number of piperidine rings is 1. The molecule has 11 nitrogen and oxygen atoms in total. The number of nitrogens with zero attached hydrogens (tertiary/aromatic N) is 5. The van der Waals surface area contributed by atoms with E-state index >= 15 is 0 Å². The summed E-state index contributed by atoms with van der Waals surface area (Å²) < 4.78 is 30.2. The number of carbonyl (C=O) groups excluding carboxylic acids is 1. The van der Waals surface area contributed by atoms with Gasteiger partial charge in [-0.25, -0.2) is 23.1 Å². The van der Waals surface area contributed by atoms with Crippen molar-refractivity contribution in [2.45, 2.75) is 96.3 Å². The van der Waals surface area contributed by atoms with Gasteiger partial charge in [-0.2, -0.15) is 0 Å². The second-order valence-corrected chi connectivity index (χ2v) is 17.9. The van der Waals surface area contributed by atoms with Gasteiger partial charge >= 0.3 is 0 Å². The zero-order valence-electron chi connectivity index (χ0n) is 33.6. The number of pyridine rings is 2. The highest BCUT2D eigenvalue weighted by molar-refractivity contribution is 7.89. The summed E-state index contributed by atoms with van der Waals surface area (Å²) in [4.78, 5) is 36.9. The minimum atomic E-state index is -3.89. The molecule has 57 heavy (non-hydrogen) atoms. The summed E-state index contributed by atoms with van der Waals surface area (Å²) in [5.74, 6) is -0.134. The Bertz CT molecular complexity index is 2440. The van der Waals surface area contributed by atoms with Gasteiger partial charge in [0.25, 0.3) is 15.9 Å². The number of H-pyrrole nitrogens is 1. The Kier molecular flexibility index (Phi) is 11.7. The molecule has 2 atom stereocenters. The van der Waals surface area contributed by atoms with E-state index in [-0.39, 0.29) is 35.0 Å². The Morgan fingerprint density at radius 3 is 2.12 bits per heavy atom. The topological polar surface area (TPSA) is 146 Å². The van der Waals surface area contributed by atoms with Crippen molar-refractivity contribution < 1.29 is 13.2 Å². The van der Waals surface area contributed by atoms with Crippen molar-refractivity contribution >= 4 is 27.0 Å². The minimum absolute atomic E-state index is 0.0139. The molecule has 0 aliphatic carbocycles. The van der Waals surface area contributed by atoms with Crippen LogP contribution in [0.1, 0.15) is 108 Å². The summed E-state index contributed by atoms with van der Waals surface area (Å²) in [6.07, 6.45) is 8.77. The van der Waals surface area contributed by atoms with Crippen LogP contribution < -0.4 is 10.0 Å². The van der Waals surface area contributed by atoms with E-state index in [9.17, 15) is 13.2 Å². The maximum atomic E-state index is 13.7. The summed E-state index contributed by atoms with van der Waals surface area (Å²) >= 11 is 0. The molecule has 6 aromatic rings. The molecule has 0 bridgehead atoms. The van der Waals surface area contributed by atoms with E-state index in [2.05, 4.69) is 76.6 Å². The number of sulfonamides is 1. The fourth-order valence-corrected chi connectivity index (χ4v) is 9.00. The summed E-state index contributed by atoms with van der Waals surface area (Å²) in [6, 6.07) is 23.6. The quantitative estimate of drug-likeness (QED) is 0.105. The van der Waals surface area contributed by atoms with Crippen molar-refractivity contribution in [1.29, 1.82) is 0 Å². The van der Waals surface area contributed by atoms with E-state index in [4.69, 9.17) is 9.97 Å². The zero-order chi connectivity index (χ0) is 40.3. The Balaban J connectivity index is 1.03. The van der Waals surface area contributed by atoms with Gasteiger partial charge in [0.2, 0.25) is 0 Å². The molecule has 296 valence electrons. The van der Waals surface area contributed by atoms with Gasteiger partial charge < -0.3 is 10.3 Å². The molecular formula is C45H52N8O3S. The first kappa shape index (κ1) is 39.9. The Morgan fingerprint density at radius 2 is 1.51 bits per heavy atom. The lowest BCUT2D eigenvalue weighted by Gasteiger charge is -2.42. The molecule has 1 amide bonds. The van der Waals surface area contributed by atoms with Crippen LogP contribution in [-0.4, -0.2) is 57.2 Å². The van der Waals surface area contributed by atoms with Crippen LogP contribution in [0.4, 0.5) is 0 Å². The summed E-state index contributed by atoms with van der Waals surface area (Å²) in [5, 5.41) is 3.67. The van der Waals surface area contributed by atoms with Gasteiger partial charge in [-0.05, 0) is 116 Å². The highest BCUT2D eigenvalue weighted by Gasteiger charge is 2.35. The van der Waals surface area contributed by atoms with Crippen LogP contribution in [0, 0.1) is 20.8 Å². The predicted octanol–water partition coefficient (Wildman–Crippen LogP) is 8.20. The second-order valence-electron chi connectivity index (χ2n) is 16.1. The third kappa shape index (κ3) is 8.83. The van der Waals surface area contributed by atoms with Crippen LogP contribution >= 0.6 is 0 Å². The minimum Gasteiger partial charge on any atom is -0.348 e. The molecule has 1 aliphatic rings. The van der Waals surface area contributed by atoms with E-state index in [0.717, 1.165) is 58.5 Å². The van der Waals surface area contributed by atoms with Crippen LogP contribution in [0.3, 0.4) is 0 Å². The number of aromatic nitrogens is 5. The van der Waals surface area contributed by atoms with Crippen LogP contribution in [0.2, 0.25) is 0 Å². The number of nitrogens with one attached hydrogen (secondary N) is 3. The third-order valence-corrected chi connectivity index (χ3v) is 12.5. The number of hydrogen-bond donors (Lipinski definition) is 3. The maximum absolute atomic E-state index is 13.7. The van der Waals surface area contributed by atoms with Crippen molar-refractivity contribution in [3.8, 4) is 11.3 Å². The van der Waals surface area contributed by atoms with Crippen molar-refractivity contribution in [2.24, 2.45) is 0 Å². The number of amides is 1. The Morgan fingerprint density at radius 1 is 0.842 bits per heavy atom. The first-order valence-electron chi connectivity index (χ1n) is 19.7. The van der Waals surface area contributed by atoms with E-state index in [1.54, 1.807) is 6.07 Å². The smallest absolute Gasteiger partial charge is 0.256 e. The molecule has 12 heteroatoms. The van der Waals surface area contributed by atoms with Crippen molar-refractivity contribution in [3.63, 3.8) is 0 Å². The van der Waals surface area contributed by atoms with Gasteiger partial charge in [0.1, 0.15) is 17.0 Å². The van der Waals surface area contributed by atoms with E-state index in [1.165, 1.54) is 11.9 Å². The number of aryl methyl sites for hydroxylation is 3. The van der Waals surface area contributed by atoms with Crippen LogP contribution in [0.15, 0.2) is 96.5 Å². The standard InChI is InChI=1S/C45H52N8O3S/c1-29-11-8-21-46-40(29)37-13-7-14-38(41-30(2)12-9-22-47-41)53(37)24-10-23-51-57(55,56)39-26-36-42(49-28-50-43(36)52-39)33-15-16-34(31(3)25-33)27-48-44(54)32-17-19-35(20-18-32)45(4,5)6/h8-9,11-12,15-22,25-26,28,37-38,51H,7,10,13-14,23-24,27H2,1-6H3,(H,48,54)(H,49,50,52)/t37-,38+. The van der Waals surface area contributed by atoms with E-state index < -0.39 is 10.0 Å². The predicted molar refractivity (Wildman–Crippen MR) is 224 cm³/mol. The molecular weight excluding hydrogens is 733 g/mol. The molecule has 1 saturated heterocycles. The first-order valence-corrected chi connectivity index (χ1v) is 21.2. The number of likely N-dealkylation sites (tertiary alicyclic amines) is 1. The number of aromatic amines is 1. The molecule has 1 fully saturated rings. The molecule has 0 unspecified atom stereocenters. The molecule has 2 aromatic carbocycles. The first-order chi connectivity index (χ1) is 27.3. The molecule has 7 rings (SSSR count). The van der Waals surface area contributed by atoms with Crippen LogP contribution in [-0.2, 0) is 22.0 Å². The fourth-order valence-electron chi connectivity index (χ4n) is 7.92. The average Bonchev–Trinajstić information content (AvgIpc) is 3.65. The van der Waals surface area contributed by atoms with E-state index in [0.29, 0.717) is 41.8 Å². The molecule has 0 spiro atoms. The maximum Gasteiger partial charge on any atom is 0.256 e. The molecule has 3 N–H and O–H groups in total. The SMILES string of the molecule is Cc1cc(-c2ncnc3[nH]c(S(=O)(=O)NCCCN4[C@@H](c5ncccc5C)CCC[C@H]4c4ncccc4C)cc23)ccc1CNC(=O)c1ccc(C(C)(C)C)cc1. The zero-order valence-corrected chi connectivity index (χ0v) is 34.5. The van der Waals surface area contributed by atoms with Crippen molar-refractivity contribution in [3.05, 3.63) is 136 Å². The van der Waals surface area contributed by atoms with Crippen molar-refractivity contribution in [1.82, 2.24) is 39.9 Å². The molecule has 1 aliphatic heterocycles. The lowest BCUT2D eigenvalue weighted by molar-refractivity contribution is 0.0753. The lowest BCUT2D eigenvalue weighted by atomic mass is 9.87. The summed E-state index contributed by atoms with van der Waals surface area (Å²) in [7, 11) is -3.89. The summed E-state index contributed by atoms with van der Waals surface area (Å²) in [6.45, 7) is 13.9. The monoisotopic (exact) mass is 784 g/mol. The molecule has 0 radical (unpaired) electrons. The van der Waals surface area contributed by atoms with Gasteiger partial charge in [-0.3, -0.25) is 19.7 Å². The highest BCUT2D eigenvalue weighted by atomic mass is 32.2.